The molecule has 0 bridgehead atoms. The van der Waals surface area contributed by atoms with Crippen molar-refractivity contribution in [3.8, 4) is 45.0 Å². The van der Waals surface area contributed by atoms with Gasteiger partial charge in [0, 0.05) is 27.5 Å². The molecule has 0 saturated heterocycles. The molecule has 1 spiro atoms. The van der Waals surface area contributed by atoms with Crippen molar-refractivity contribution in [2.24, 2.45) is 0 Å². The van der Waals surface area contributed by atoms with E-state index in [4.69, 9.17) is 19.4 Å². The molecule has 234 valence electrons. The van der Waals surface area contributed by atoms with E-state index < -0.39 is 5.41 Å². The molecule has 0 aliphatic heterocycles. The molecule has 0 fully saturated rings. The van der Waals surface area contributed by atoms with E-state index >= 15 is 0 Å². The quantitative estimate of drug-likeness (QED) is 0.193. The highest BCUT2D eigenvalue weighted by Gasteiger charge is 2.52. The Bertz CT molecular complexity index is 2720. The first-order chi connectivity index (χ1) is 24.8. The Morgan fingerprint density at radius 2 is 1.00 bits per heavy atom. The Labute approximate surface area is 289 Å². The van der Waals surface area contributed by atoms with Crippen molar-refractivity contribution in [2.45, 2.75) is 18.3 Å². The molecule has 2 aromatic heterocycles. The first-order valence-corrected chi connectivity index (χ1v) is 17.3. The molecule has 4 nitrogen and oxygen atoms in total. The third kappa shape index (κ3) is 3.62. The summed E-state index contributed by atoms with van der Waals surface area (Å²) in [6.45, 7) is 0. The third-order valence-electron chi connectivity index (χ3n) is 10.8. The number of hydrogen-bond acceptors (Lipinski definition) is 4. The number of furan rings is 1. The largest absolute Gasteiger partial charge is 0.456 e. The molecule has 0 atom stereocenters. The van der Waals surface area contributed by atoms with Crippen LogP contribution >= 0.6 is 0 Å². The monoisotopic (exact) mass is 639 g/mol. The van der Waals surface area contributed by atoms with Gasteiger partial charge in [-0.2, -0.15) is 0 Å². The maximum absolute atomic E-state index is 6.31. The van der Waals surface area contributed by atoms with Crippen LogP contribution in [0.1, 0.15) is 40.9 Å². The van der Waals surface area contributed by atoms with Gasteiger partial charge in [0.1, 0.15) is 11.2 Å². The number of nitrogens with zero attached hydrogens (tertiary/aromatic N) is 3. The van der Waals surface area contributed by atoms with E-state index in [0.29, 0.717) is 17.5 Å². The fourth-order valence-corrected chi connectivity index (χ4v) is 8.83. The molecular formula is C46H29N3O. The van der Waals surface area contributed by atoms with Crippen molar-refractivity contribution in [3.63, 3.8) is 0 Å². The minimum Gasteiger partial charge on any atom is -0.456 e. The molecule has 11 rings (SSSR count). The summed E-state index contributed by atoms with van der Waals surface area (Å²) >= 11 is 0. The highest BCUT2D eigenvalue weighted by molar-refractivity contribution is 6.11. The van der Waals surface area contributed by atoms with Crippen molar-refractivity contribution < 1.29 is 4.42 Å². The van der Waals surface area contributed by atoms with Crippen molar-refractivity contribution in [2.75, 3.05) is 0 Å². The van der Waals surface area contributed by atoms with Gasteiger partial charge in [0.2, 0.25) is 0 Å². The number of para-hydroxylation sites is 1. The molecule has 8 aromatic rings. The molecule has 0 amide bonds. The molecule has 4 heteroatoms. The summed E-state index contributed by atoms with van der Waals surface area (Å²) in [5, 5.41) is 2.06. The van der Waals surface area contributed by atoms with Crippen LogP contribution < -0.4 is 0 Å². The van der Waals surface area contributed by atoms with Gasteiger partial charge in [-0.1, -0.05) is 140 Å². The van der Waals surface area contributed by atoms with Crippen LogP contribution in [0.5, 0.6) is 0 Å². The van der Waals surface area contributed by atoms with Crippen LogP contribution in [0.4, 0.5) is 0 Å². The fraction of sp³-hybridized carbons (Fsp3) is 0.0652. The fourth-order valence-electron chi connectivity index (χ4n) is 8.83. The average molecular weight is 640 g/mol. The van der Waals surface area contributed by atoms with E-state index in [0.717, 1.165) is 51.5 Å². The van der Waals surface area contributed by atoms with Gasteiger partial charge in [-0.15, -0.1) is 0 Å². The average Bonchev–Trinajstić information content (AvgIpc) is 3.82. The van der Waals surface area contributed by atoms with E-state index in [2.05, 4.69) is 127 Å². The SMILES string of the molecule is C1=CC(c2nc(-c3cccc4c3C3(c5ccccc5-c5ccccc53)c3ccccc3-4)nc(-c3cccc4oc5ccccc5c34)n2)=CCC1. The predicted molar refractivity (Wildman–Crippen MR) is 201 cm³/mol. The lowest BCUT2D eigenvalue weighted by molar-refractivity contribution is 0.669. The normalized spacial score (nSPS) is 14.8. The summed E-state index contributed by atoms with van der Waals surface area (Å²) in [5.41, 5.74) is 14.2. The number of benzene rings is 6. The Kier molecular flexibility index (Phi) is 5.68. The van der Waals surface area contributed by atoms with Gasteiger partial charge in [-0.25, -0.2) is 15.0 Å². The second kappa shape index (κ2) is 10.3. The van der Waals surface area contributed by atoms with Crippen molar-refractivity contribution in [1.29, 1.82) is 0 Å². The van der Waals surface area contributed by atoms with Crippen LogP contribution in [0.15, 0.2) is 156 Å². The summed E-state index contributed by atoms with van der Waals surface area (Å²) < 4.78 is 6.31. The van der Waals surface area contributed by atoms with E-state index in [1.54, 1.807) is 0 Å². The van der Waals surface area contributed by atoms with Gasteiger partial charge >= 0.3 is 0 Å². The molecule has 50 heavy (non-hydrogen) atoms. The first kappa shape index (κ1) is 27.5. The van der Waals surface area contributed by atoms with Gasteiger partial charge in [0.25, 0.3) is 0 Å². The maximum Gasteiger partial charge on any atom is 0.164 e. The highest BCUT2D eigenvalue weighted by Crippen LogP contribution is 2.64. The number of aromatic nitrogens is 3. The van der Waals surface area contributed by atoms with Gasteiger partial charge in [-0.3, -0.25) is 0 Å². The molecule has 0 radical (unpaired) electrons. The number of allylic oxidation sites excluding steroid dienone is 4. The number of rotatable bonds is 3. The zero-order valence-electron chi connectivity index (χ0n) is 27.1. The summed E-state index contributed by atoms with van der Waals surface area (Å²) in [6.07, 6.45) is 8.57. The smallest absolute Gasteiger partial charge is 0.164 e. The van der Waals surface area contributed by atoms with Crippen LogP contribution in [0.2, 0.25) is 0 Å². The summed E-state index contributed by atoms with van der Waals surface area (Å²) in [6, 6.07) is 47.7. The second-order valence-electron chi connectivity index (χ2n) is 13.3. The van der Waals surface area contributed by atoms with E-state index in [1.807, 2.05) is 24.3 Å². The standard InChI is InChI=1S/C46H29N3O/c1-2-14-28(15-3-1)43-47-44(34-21-13-27-40-41(34)33-19-7-11-26-39(33)50-40)49-45(48-43)35-22-12-20-32-31-18-6-10-25-38(31)46(42(32)35)36-23-8-4-16-29(36)30-17-5-9-24-37(30)46/h2,4-27H,1,3H2. The van der Waals surface area contributed by atoms with Crippen LogP contribution in [0, 0.1) is 0 Å². The zero-order valence-corrected chi connectivity index (χ0v) is 27.1. The maximum atomic E-state index is 6.31. The van der Waals surface area contributed by atoms with Crippen molar-refractivity contribution >= 4 is 27.5 Å². The molecule has 3 aliphatic carbocycles. The van der Waals surface area contributed by atoms with E-state index in [-0.39, 0.29) is 0 Å². The van der Waals surface area contributed by atoms with Crippen LogP contribution in [-0.4, -0.2) is 15.0 Å². The van der Waals surface area contributed by atoms with E-state index in [1.165, 1.54) is 44.5 Å². The Morgan fingerprint density at radius 1 is 0.460 bits per heavy atom. The number of fused-ring (bicyclic) bond motifs is 13. The summed E-state index contributed by atoms with van der Waals surface area (Å²) in [4.78, 5) is 15.9. The van der Waals surface area contributed by atoms with Gasteiger partial charge in [0.05, 0.1) is 5.41 Å². The number of hydrogen-bond donors (Lipinski definition) is 0. The summed E-state index contributed by atoms with van der Waals surface area (Å²) in [5.74, 6) is 1.98. The first-order valence-electron chi connectivity index (χ1n) is 17.3. The lowest BCUT2D eigenvalue weighted by Crippen LogP contribution is -2.26. The predicted octanol–water partition coefficient (Wildman–Crippen LogP) is 11.2. The van der Waals surface area contributed by atoms with Crippen molar-refractivity contribution in [3.05, 3.63) is 180 Å². The molecule has 6 aromatic carbocycles. The Morgan fingerprint density at radius 3 is 1.72 bits per heavy atom. The van der Waals surface area contributed by atoms with Crippen molar-refractivity contribution in [1.82, 2.24) is 15.0 Å². The molecule has 0 unspecified atom stereocenters. The molecule has 3 aliphatic rings. The molecule has 0 saturated carbocycles. The topological polar surface area (TPSA) is 51.8 Å². The molecule has 2 heterocycles. The van der Waals surface area contributed by atoms with Crippen LogP contribution in [-0.2, 0) is 5.41 Å². The molecule has 0 N–H and O–H groups in total. The Balaban J connectivity index is 1.24. The minimum absolute atomic E-state index is 0.520. The third-order valence-corrected chi connectivity index (χ3v) is 10.8. The van der Waals surface area contributed by atoms with Gasteiger partial charge in [-0.05, 0) is 69.5 Å². The lowest BCUT2D eigenvalue weighted by Gasteiger charge is -2.31. The van der Waals surface area contributed by atoms with Crippen LogP contribution in [0.25, 0.3) is 72.5 Å². The van der Waals surface area contributed by atoms with Gasteiger partial charge < -0.3 is 4.42 Å². The zero-order chi connectivity index (χ0) is 32.8. The van der Waals surface area contributed by atoms with E-state index in [9.17, 15) is 0 Å². The highest BCUT2D eigenvalue weighted by atomic mass is 16.3. The minimum atomic E-state index is -0.520. The lowest BCUT2D eigenvalue weighted by atomic mass is 9.69. The molecular weight excluding hydrogens is 611 g/mol. The summed E-state index contributed by atoms with van der Waals surface area (Å²) in [7, 11) is 0. The Hall–Kier alpha value is -6.39. The second-order valence-corrected chi connectivity index (χ2v) is 13.3. The van der Waals surface area contributed by atoms with Crippen LogP contribution in [0.3, 0.4) is 0 Å². The van der Waals surface area contributed by atoms with Gasteiger partial charge in [0.15, 0.2) is 17.5 Å².